The SMILES string of the molecule is CCC(C)N(CC)c1ccc(C(C)O)cn1. The number of hydrogen-bond donors (Lipinski definition) is 1. The highest BCUT2D eigenvalue weighted by atomic mass is 16.3. The van der Waals surface area contributed by atoms with E-state index in [2.05, 4.69) is 30.7 Å². The third-order valence-electron chi connectivity index (χ3n) is 3.01. The predicted octanol–water partition coefficient (Wildman–Crippen LogP) is 2.76. The van der Waals surface area contributed by atoms with Crippen LogP contribution in [0.15, 0.2) is 18.3 Å². The van der Waals surface area contributed by atoms with E-state index in [4.69, 9.17) is 0 Å². The molecular weight excluding hydrogens is 200 g/mol. The van der Waals surface area contributed by atoms with Crippen LogP contribution >= 0.6 is 0 Å². The molecule has 1 rings (SSSR count). The van der Waals surface area contributed by atoms with Crippen molar-refractivity contribution in [3.8, 4) is 0 Å². The molecule has 3 nitrogen and oxygen atoms in total. The van der Waals surface area contributed by atoms with Crippen molar-refractivity contribution in [3.63, 3.8) is 0 Å². The van der Waals surface area contributed by atoms with Crippen molar-refractivity contribution in [1.82, 2.24) is 4.98 Å². The lowest BCUT2D eigenvalue weighted by atomic mass is 10.1. The molecule has 0 bridgehead atoms. The number of rotatable bonds is 5. The first-order valence-electron chi connectivity index (χ1n) is 6.00. The van der Waals surface area contributed by atoms with Crippen molar-refractivity contribution < 1.29 is 5.11 Å². The van der Waals surface area contributed by atoms with E-state index < -0.39 is 6.10 Å². The Bertz CT molecular complexity index is 308. The number of aliphatic hydroxyl groups is 1. The maximum Gasteiger partial charge on any atom is 0.128 e. The summed E-state index contributed by atoms with van der Waals surface area (Å²) >= 11 is 0. The summed E-state index contributed by atoms with van der Waals surface area (Å²) in [6.07, 6.45) is 2.42. The summed E-state index contributed by atoms with van der Waals surface area (Å²) in [6, 6.07) is 4.42. The van der Waals surface area contributed by atoms with E-state index in [0.717, 1.165) is 24.3 Å². The largest absolute Gasteiger partial charge is 0.389 e. The van der Waals surface area contributed by atoms with Gasteiger partial charge in [0.2, 0.25) is 0 Å². The average molecular weight is 222 g/mol. The highest BCUT2D eigenvalue weighted by Gasteiger charge is 2.12. The van der Waals surface area contributed by atoms with Crippen LogP contribution in [0.25, 0.3) is 0 Å². The van der Waals surface area contributed by atoms with Crippen LogP contribution in [0.2, 0.25) is 0 Å². The Hall–Kier alpha value is -1.09. The number of anilines is 1. The topological polar surface area (TPSA) is 36.4 Å². The van der Waals surface area contributed by atoms with Gasteiger partial charge in [-0.2, -0.15) is 0 Å². The normalized spacial score (nSPS) is 14.6. The molecule has 0 spiro atoms. The zero-order valence-electron chi connectivity index (χ0n) is 10.6. The zero-order valence-corrected chi connectivity index (χ0v) is 10.6. The molecule has 2 atom stereocenters. The lowest BCUT2D eigenvalue weighted by molar-refractivity contribution is 0.199. The van der Waals surface area contributed by atoms with Gasteiger partial charge in [0.1, 0.15) is 5.82 Å². The standard InChI is InChI=1S/C13H22N2O/c1-5-10(3)15(6-2)13-8-7-12(9-14-13)11(4)16/h7-11,16H,5-6H2,1-4H3. The quantitative estimate of drug-likeness (QED) is 0.832. The highest BCUT2D eigenvalue weighted by molar-refractivity contribution is 5.40. The van der Waals surface area contributed by atoms with E-state index in [0.29, 0.717) is 6.04 Å². The molecule has 3 heteroatoms. The zero-order chi connectivity index (χ0) is 12.1. The number of pyridine rings is 1. The van der Waals surface area contributed by atoms with Gasteiger partial charge in [0.15, 0.2) is 0 Å². The Balaban J connectivity index is 2.86. The molecule has 1 aromatic heterocycles. The maximum absolute atomic E-state index is 9.41. The van der Waals surface area contributed by atoms with Gasteiger partial charge in [0.05, 0.1) is 6.10 Å². The molecule has 2 unspecified atom stereocenters. The van der Waals surface area contributed by atoms with E-state index in [1.54, 1.807) is 13.1 Å². The van der Waals surface area contributed by atoms with Crippen LogP contribution in [-0.4, -0.2) is 22.7 Å². The molecule has 0 aliphatic rings. The van der Waals surface area contributed by atoms with Crippen molar-refractivity contribution in [1.29, 1.82) is 0 Å². The molecule has 0 radical (unpaired) electrons. The van der Waals surface area contributed by atoms with E-state index >= 15 is 0 Å². The van der Waals surface area contributed by atoms with Crippen molar-refractivity contribution in [2.75, 3.05) is 11.4 Å². The van der Waals surface area contributed by atoms with E-state index in [-0.39, 0.29) is 0 Å². The number of aromatic nitrogens is 1. The van der Waals surface area contributed by atoms with Crippen molar-refractivity contribution in [2.24, 2.45) is 0 Å². The molecule has 1 N–H and O–H groups in total. The summed E-state index contributed by atoms with van der Waals surface area (Å²) < 4.78 is 0. The first-order valence-corrected chi connectivity index (χ1v) is 6.00. The minimum absolute atomic E-state index is 0.444. The number of nitrogens with zero attached hydrogens (tertiary/aromatic N) is 2. The van der Waals surface area contributed by atoms with Crippen LogP contribution in [0.4, 0.5) is 5.82 Å². The van der Waals surface area contributed by atoms with Crippen molar-refractivity contribution in [3.05, 3.63) is 23.9 Å². The molecule has 0 aliphatic heterocycles. The molecule has 0 saturated heterocycles. The third-order valence-corrected chi connectivity index (χ3v) is 3.01. The van der Waals surface area contributed by atoms with Crippen LogP contribution in [-0.2, 0) is 0 Å². The van der Waals surface area contributed by atoms with Gasteiger partial charge in [0, 0.05) is 18.8 Å². The molecule has 90 valence electrons. The van der Waals surface area contributed by atoms with Crippen LogP contribution in [0.3, 0.4) is 0 Å². The lowest BCUT2D eigenvalue weighted by Gasteiger charge is -2.28. The fourth-order valence-corrected chi connectivity index (χ4v) is 1.73. The first kappa shape index (κ1) is 13.0. The summed E-state index contributed by atoms with van der Waals surface area (Å²) in [5, 5.41) is 9.41. The second-order valence-corrected chi connectivity index (χ2v) is 4.17. The molecule has 0 saturated carbocycles. The summed E-state index contributed by atoms with van der Waals surface area (Å²) in [6.45, 7) is 9.22. The molecule has 1 heterocycles. The Morgan fingerprint density at radius 2 is 2.00 bits per heavy atom. The van der Waals surface area contributed by atoms with Crippen LogP contribution in [0.1, 0.15) is 45.8 Å². The van der Waals surface area contributed by atoms with Crippen molar-refractivity contribution >= 4 is 5.82 Å². The lowest BCUT2D eigenvalue weighted by Crippen LogP contribution is -2.32. The molecular formula is C13H22N2O. The van der Waals surface area contributed by atoms with Gasteiger partial charge >= 0.3 is 0 Å². The number of hydrogen-bond acceptors (Lipinski definition) is 3. The van der Waals surface area contributed by atoms with Crippen LogP contribution < -0.4 is 4.90 Å². The van der Waals surface area contributed by atoms with E-state index in [1.807, 2.05) is 12.1 Å². The van der Waals surface area contributed by atoms with E-state index in [1.165, 1.54) is 0 Å². The van der Waals surface area contributed by atoms with Gasteiger partial charge in [-0.3, -0.25) is 0 Å². The predicted molar refractivity (Wildman–Crippen MR) is 67.6 cm³/mol. The minimum atomic E-state index is -0.444. The average Bonchev–Trinajstić information content (AvgIpc) is 2.30. The highest BCUT2D eigenvalue weighted by Crippen LogP contribution is 2.18. The fourth-order valence-electron chi connectivity index (χ4n) is 1.73. The van der Waals surface area contributed by atoms with Crippen LogP contribution in [0, 0.1) is 0 Å². The molecule has 0 amide bonds. The second kappa shape index (κ2) is 5.85. The maximum atomic E-state index is 9.41. The first-order chi connectivity index (χ1) is 7.60. The molecule has 16 heavy (non-hydrogen) atoms. The van der Waals surface area contributed by atoms with Gasteiger partial charge in [-0.1, -0.05) is 13.0 Å². The molecule has 0 aromatic carbocycles. The third kappa shape index (κ3) is 2.95. The smallest absolute Gasteiger partial charge is 0.128 e. The fraction of sp³-hybridized carbons (Fsp3) is 0.615. The Morgan fingerprint density at radius 1 is 1.31 bits per heavy atom. The second-order valence-electron chi connectivity index (χ2n) is 4.17. The van der Waals surface area contributed by atoms with Gasteiger partial charge < -0.3 is 10.0 Å². The number of aliphatic hydroxyl groups excluding tert-OH is 1. The summed E-state index contributed by atoms with van der Waals surface area (Å²) in [7, 11) is 0. The minimum Gasteiger partial charge on any atom is -0.389 e. The Labute approximate surface area is 98.1 Å². The summed E-state index contributed by atoms with van der Waals surface area (Å²) in [4.78, 5) is 6.68. The summed E-state index contributed by atoms with van der Waals surface area (Å²) in [5.74, 6) is 0.987. The molecule has 0 fully saturated rings. The van der Waals surface area contributed by atoms with E-state index in [9.17, 15) is 5.11 Å². The monoisotopic (exact) mass is 222 g/mol. The van der Waals surface area contributed by atoms with Gasteiger partial charge in [0.25, 0.3) is 0 Å². The van der Waals surface area contributed by atoms with Gasteiger partial charge in [-0.25, -0.2) is 4.98 Å². The molecule has 1 aromatic rings. The van der Waals surface area contributed by atoms with Crippen LogP contribution in [0.5, 0.6) is 0 Å². The van der Waals surface area contributed by atoms with Gasteiger partial charge in [-0.05, 0) is 38.8 Å². The Morgan fingerprint density at radius 3 is 2.38 bits per heavy atom. The van der Waals surface area contributed by atoms with Gasteiger partial charge in [-0.15, -0.1) is 0 Å². The Kier molecular flexibility index (Phi) is 4.74. The molecule has 0 aliphatic carbocycles. The van der Waals surface area contributed by atoms with Crippen molar-refractivity contribution in [2.45, 2.75) is 46.3 Å². The summed E-state index contributed by atoms with van der Waals surface area (Å²) in [5.41, 5.74) is 0.865.